The number of hydrogen-bond donors (Lipinski definition) is 0. The fraction of sp³-hybridized carbons (Fsp3) is 0.556. The maximum atomic E-state index is 11.0. The van der Waals surface area contributed by atoms with Gasteiger partial charge in [-0.25, -0.2) is 0 Å². The Labute approximate surface area is 82.7 Å². The molecule has 4 heteroatoms. The molecule has 0 fully saturated rings. The first-order chi connectivity index (χ1) is 6.20. The average Bonchev–Trinajstić information content (AvgIpc) is 2.12. The highest BCUT2D eigenvalue weighted by molar-refractivity contribution is 6.18. The second-order valence-electron chi connectivity index (χ2n) is 2.46. The molecule has 0 aliphatic carbocycles. The van der Waals surface area contributed by atoms with Crippen LogP contribution < -0.4 is 0 Å². The molecule has 0 radical (unpaired) electrons. The second kappa shape index (κ2) is 7.80. The van der Waals surface area contributed by atoms with Crippen LogP contribution in [0.15, 0.2) is 12.2 Å². The van der Waals surface area contributed by atoms with E-state index in [2.05, 4.69) is 4.74 Å². The SMILES string of the molecule is COC(=O)CC(=O)CCC=CCCl. The van der Waals surface area contributed by atoms with Gasteiger partial charge in [-0.2, -0.15) is 0 Å². The van der Waals surface area contributed by atoms with Crippen molar-refractivity contribution in [1.29, 1.82) is 0 Å². The molecule has 13 heavy (non-hydrogen) atoms. The van der Waals surface area contributed by atoms with E-state index in [9.17, 15) is 9.59 Å². The molecule has 0 aliphatic heterocycles. The molecule has 0 bridgehead atoms. The quantitative estimate of drug-likeness (QED) is 0.286. The van der Waals surface area contributed by atoms with E-state index in [4.69, 9.17) is 11.6 Å². The number of allylic oxidation sites excluding steroid dienone is 2. The van der Waals surface area contributed by atoms with E-state index < -0.39 is 5.97 Å². The maximum Gasteiger partial charge on any atom is 0.313 e. The third-order valence-electron chi connectivity index (χ3n) is 1.41. The third kappa shape index (κ3) is 7.53. The zero-order valence-corrected chi connectivity index (χ0v) is 8.34. The summed E-state index contributed by atoms with van der Waals surface area (Å²) in [7, 11) is 1.27. The van der Waals surface area contributed by atoms with Crippen molar-refractivity contribution in [1.82, 2.24) is 0 Å². The smallest absolute Gasteiger partial charge is 0.313 e. The van der Waals surface area contributed by atoms with Crippen LogP contribution >= 0.6 is 11.6 Å². The van der Waals surface area contributed by atoms with Crippen LogP contribution in [0.5, 0.6) is 0 Å². The normalized spacial score (nSPS) is 10.3. The lowest BCUT2D eigenvalue weighted by Crippen LogP contribution is -2.08. The predicted octanol–water partition coefficient (Wildman–Crippen LogP) is 1.69. The number of hydrogen-bond acceptors (Lipinski definition) is 3. The van der Waals surface area contributed by atoms with Crippen molar-refractivity contribution >= 4 is 23.4 Å². The first kappa shape index (κ1) is 12.2. The molecule has 0 amide bonds. The number of esters is 1. The number of rotatable bonds is 6. The van der Waals surface area contributed by atoms with Crippen LogP contribution in [0.4, 0.5) is 0 Å². The van der Waals surface area contributed by atoms with Crippen molar-refractivity contribution in [3.8, 4) is 0 Å². The van der Waals surface area contributed by atoms with Gasteiger partial charge in [0.05, 0.1) is 7.11 Å². The van der Waals surface area contributed by atoms with Crippen molar-refractivity contribution in [3.63, 3.8) is 0 Å². The fourth-order valence-corrected chi connectivity index (χ4v) is 0.873. The number of ketones is 1. The molecule has 0 aromatic rings. The monoisotopic (exact) mass is 204 g/mol. The van der Waals surface area contributed by atoms with Gasteiger partial charge in [-0.15, -0.1) is 11.6 Å². The summed E-state index contributed by atoms with van der Waals surface area (Å²) in [5.41, 5.74) is 0. The summed E-state index contributed by atoms with van der Waals surface area (Å²) >= 11 is 5.38. The summed E-state index contributed by atoms with van der Waals surface area (Å²) in [4.78, 5) is 21.6. The van der Waals surface area contributed by atoms with Crippen LogP contribution in [0.25, 0.3) is 0 Å². The van der Waals surface area contributed by atoms with Gasteiger partial charge < -0.3 is 4.74 Å². The summed E-state index contributed by atoms with van der Waals surface area (Å²) in [6, 6.07) is 0. The summed E-state index contributed by atoms with van der Waals surface area (Å²) in [6.45, 7) is 0. The molecule has 74 valence electrons. The van der Waals surface area contributed by atoms with Crippen LogP contribution in [-0.4, -0.2) is 24.7 Å². The van der Waals surface area contributed by atoms with Gasteiger partial charge >= 0.3 is 5.97 Å². The summed E-state index contributed by atoms with van der Waals surface area (Å²) in [6.07, 6.45) is 4.45. The summed E-state index contributed by atoms with van der Waals surface area (Å²) in [5.74, 6) is -0.136. The molecular formula is C9H13ClO3. The van der Waals surface area contributed by atoms with Gasteiger partial charge in [0.2, 0.25) is 0 Å². The van der Waals surface area contributed by atoms with Crippen LogP contribution in [0.2, 0.25) is 0 Å². The Balaban J connectivity index is 3.52. The lowest BCUT2D eigenvalue weighted by atomic mass is 10.1. The molecule has 0 heterocycles. The molecule has 0 rings (SSSR count). The van der Waals surface area contributed by atoms with Gasteiger partial charge in [-0.3, -0.25) is 9.59 Å². The van der Waals surface area contributed by atoms with Crippen LogP contribution in [0, 0.1) is 0 Å². The highest BCUT2D eigenvalue weighted by Crippen LogP contribution is 1.98. The van der Waals surface area contributed by atoms with Gasteiger partial charge in [0.1, 0.15) is 12.2 Å². The Morgan fingerprint density at radius 1 is 1.38 bits per heavy atom. The molecule has 0 aliphatic rings. The largest absolute Gasteiger partial charge is 0.469 e. The number of alkyl halides is 1. The van der Waals surface area contributed by atoms with E-state index in [-0.39, 0.29) is 12.2 Å². The Morgan fingerprint density at radius 3 is 2.62 bits per heavy atom. The van der Waals surface area contributed by atoms with Gasteiger partial charge in [0.25, 0.3) is 0 Å². The van der Waals surface area contributed by atoms with Crippen molar-refractivity contribution in [3.05, 3.63) is 12.2 Å². The van der Waals surface area contributed by atoms with Gasteiger partial charge in [0, 0.05) is 12.3 Å². The molecule has 0 atom stereocenters. The highest BCUT2D eigenvalue weighted by atomic mass is 35.5. The number of halogens is 1. The molecule has 0 saturated heterocycles. The van der Waals surface area contributed by atoms with E-state index in [1.807, 2.05) is 6.08 Å². The number of carbonyl (C=O) groups excluding carboxylic acids is 2. The third-order valence-corrected chi connectivity index (χ3v) is 1.59. The summed E-state index contributed by atoms with van der Waals surface area (Å²) < 4.78 is 4.35. The first-order valence-corrected chi connectivity index (χ1v) is 4.53. The number of ether oxygens (including phenoxy) is 1. The minimum atomic E-state index is -0.480. The minimum Gasteiger partial charge on any atom is -0.469 e. The Morgan fingerprint density at radius 2 is 2.08 bits per heavy atom. The van der Waals surface area contributed by atoms with Crippen LogP contribution in [0.1, 0.15) is 19.3 Å². The lowest BCUT2D eigenvalue weighted by molar-refractivity contribution is -0.143. The Bertz CT molecular complexity index is 199. The van der Waals surface area contributed by atoms with Crippen LogP contribution in [-0.2, 0) is 14.3 Å². The molecule has 0 unspecified atom stereocenters. The first-order valence-electron chi connectivity index (χ1n) is 4.00. The predicted molar refractivity (Wildman–Crippen MR) is 50.7 cm³/mol. The average molecular weight is 205 g/mol. The second-order valence-corrected chi connectivity index (χ2v) is 2.76. The van der Waals surface area contributed by atoms with E-state index in [1.54, 1.807) is 6.08 Å². The molecule has 3 nitrogen and oxygen atoms in total. The number of methoxy groups -OCH3 is 1. The van der Waals surface area contributed by atoms with Gasteiger partial charge in [-0.1, -0.05) is 12.2 Å². The van der Waals surface area contributed by atoms with Gasteiger partial charge in [-0.05, 0) is 6.42 Å². The molecule has 0 spiro atoms. The van der Waals surface area contributed by atoms with Crippen LogP contribution in [0.3, 0.4) is 0 Å². The zero-order valence-electron chi connectivity index (χ0n) is 7.59. The molecule has 0 saturated carbocycles. The van der Waals surface area contributed by atoms with E-state index in [0.29, 0.717) is 18.7 Å². The summed E-state index contributed by atoms with van der Waals surface area (Å²) in [5, 5.41) is 0. The van der Waals surface area contributed by atoms with E-state index >= 15 is 0 Å². The van der Waals surface area contributed by atoms with Crippen molar-refractivity contribution in [2.45, 2.75) is 19.3 Å². The number of carbonyl (C=O) groups is 2. The molecular weight excluding hydrogens is 192 g/mol. The topological polar surface area (TPSA) is 43.4 Å². The highest BCUT2D eigenvalue weighted by Gasteiger charge is 2.07. The number of Topliss-reactive ketones (excluding diaryl/α,β-unsaturated/α-hetero) is 1. The van der Waals surface area contributed by atoms with Gasteiger partial charge in [0.15, 0.2) is 0 Å². The van der Waals surface area contributed by atoms with Crippen molar-refractivity contribution in [2.24, 2.45) is 0 Å². The zero-order chi connectivity index (χ0) is 10.1. The van der Waals surface area contributed by atoms with E-state index in [1.165, 1.54) is 7.11 Å². The Hall–Kier alpha value is -0.830. The van der Waals surface area contributed by atoms with E-state index in [0.717, 1.165) is 0 Å². The molecule has 0 aromatic carbocycles. The fourth-order valence-electron chi connectivity index (χ4n) is 0.747. The Kier molecular flexibility index (Phi) is 7.30. The van der Waals surface area contributed by atoms with Crippen molar-refractivity contribution < 1.29 is 14.3 Å². The lowest BCUT2D eigenvalue weighted by Gasteiger charge is -1.96. The minimum absolute atomic E-state index is 0.105. The molecule has 0 N–H and O–H groups in total. The standard InChI is InChI=1S/C9H13ClO3/c1-13-9(12)7-8(11)5-3-2-4-6-10/h2,4H,3,5-7H2,1H3. The molecule has 0 aromatic heterocycles. The maximum absolute atomic E-state index is 11.0. The van der Waals surface area contributed by atoms with Crippen molar-refractivity contribution in [2.75, 3.05) is 13.0 Å².